The summed E-state index contributed by atoms with van der Waals surface area (Å²) in [7, 11) is -3.55. The van der Waals surface area contributed by atoms with E-state index in [1.54, 1.807) is 23.6 Å². The highest BCUT2D eigenvalue weighted by Crippen LogP contribution is 2.37. The molecule has 0 radical (unpaired) electrons. The standard InChI is InChI=1S/C14H13BrFNO2S2/c15-13-6-7-20-14(13)21(18,19)17(12-4-5-12)9-10-2-1-3-11(16)8-10/h1-3,6-8,12H,4-5,9H2. The second-order valence-electron chi connectivity index (χ2n) is 4.97. The average Bonchev–Trinajstić information content (AvgIpc) is 3.17. The van der Waals surface area contributed by atoms with Gasteiger partial charge in [-0.05, 0) is 57.9 Å². The van der Waals surface area contributed by atoms with E-state index in [4.69, 9.17) is 0 Å². The first-order chi connectivity index (χ1) is 9.98. The third-order valence-corrected chi connectivity index (χ3v) is 7.85. The highest BCUT2D eigenvalue weighted by Gasteiger charge is 2.39. The molecular formula is C14H13BrFNO2S2. The topological polar surface area (TPSA) is 37.4 Å². The molecule has 1 fully saturated rings. The van der Waals surface area contributed by atoms with Crippen molar-refractivity contribution in [2.75, 3.05) is 0 Å². The molecule has 1 aliphatic carbocycles. The number of thiophene rings is 1. The minimum atomic E-state index is -3.55. The van der Waals surface area contributed by atoms with Gasteiger partial charge in [0.05, 0.1) is 0 Å². The van der Waals surface area contributed by atoms with Gasteiger partial charge in [-0.2, -0.15) is 4.31 Å². The Balaban J connectivity index is 1.94. The lowest BCUT2D eigenvalue weighted by Crippen LogP contribution is -2.32. The summed E-state index contributed by atoms with van der Waals surface area (Å²) in [5.74, 6) is -0.349. The summed E-state index contributed by atoms with van der Waals surface area (Å²) in [5, 5.41) is 1.74. The van der Waals surface area contributed by atoms with Gasteiger partial charge in [-0.25, -0.2) is 12.8 Å². The van der Waals surface area contributed by atoms with Crippen molar-refractivity contribution >= 4 is 37.3 Å². The molecule has 112 valence electrons. The molecule has 0 amide bonds. The van der Waals surface area contributed by atoms with Crippen LogP contribution in [0.3, 0.4) is 0 Å². The van der Waals surface area contributed by atoms with Gasteiger partial charge in [-0.1, -0.05) is 12.1 Å². The van der Waals surface area contributed by atoms with E-state index in [2.05, 4.69) is 15.9 Å². The van der Waals surface area contributed by atoms with Gasteiger partial charge in [0.25, 0.3) is 10.0 Å². The van der Waals surface area contributed by atoms with E-state index in [-0.39, 0.29) is 18.4 Å². The van der Waals surface area contributed by atoms with Crippen molar-refractivity contribution < 1.29 is 12.8 Å². The van der Waals surface area contributed by atoms with E-state index in [0.717, 1.165) is 12.8 Å². The van der Waals surface area contributed by atoms with Gasteiger partial charge in [0, 0.05) is 17.1 Å². The Morgan fingerprint density at radius 1 is 1.33 bits per heavy atom. The van der Waals surface area contributed by atoms with Gasteiger partial charge in [0.15, 0.2) is 0 Å². The maximum absolute atomic E-state index is 13.3. The van der Waals surface area contributed by atoms with Crippen molar-refractivity contribution in [3.8, 4) is 0 Å². The van der Waals surface area contributed by atoms with Crippen LogP contribution in [-0.4, -0.2) is 18.8 Å². The smallest absolute Gasteiger partial charge is 0.207 e. The van der Waals surface area contributed by atoms with E-state index >= 15 is 0 Å². The fourth-order valence-corrected chi connectivity index (χ4v) is 6.26. The molecule has 0 unspecified atom stereocenters. The number of halogens is 2. The predicted octanol–water partition coefficient (Wildman–Crippen LogP) is 4.00. The van der Waals surface area contributed by atoms with E-state index < -0.39 is 10.0 Å². The maximum Gasteiger partial charge on any atom is 0.254 e. The highest BCUT2D eigenvalue weighted by molar-refractivity contribution is 9.10. The second kappa shape index (κ2) is 5.79. The number of sulfonamides is 1. The predicted molar refractivity (Wildman–Crippen MR) is 84.2 cm³/mol. The zero-order valence-corrected chi connectivity index (χ0v) is 14.2. The Labute approximate surface area is 135 Å². The Hall–Kier alpha value is -0.760. The fourth-order valence-electron chi connectivity index (χ4n) is 2.16. The number of nitrogens with zero attached hydrogens (tertiary/aromatic N) is 1. The minimum absolute atomic E-state index is 0.0206. The molecule has 0 N–H and O–H groups in total. The number of benzene rings is 1. The van der Waals surface area contributed by atoms with Crippen LogP contribution in [0.15, 0.2) is 44.4 Å². The zero-order valence-electron chi connectivity index (χ0n) is 11.0. The monoisotopic (exact) mass is 389 g/mol. The van der Waals surface area contributed by atoms with Crippen LogP contribution >= 0.6 is 27.3 Å². The van der Waals surface area contributed by atoms with Gasteiger partial charge in [-0.3, -0.25) is 0 Å². The summed E-state index contributed by atoms with van der Waals surface area (Å²) in [6, 6.07) is 7.84. The summed E-state index contributed by atoms with van der Waals surface area (Å²) in [4.78, 5) is 0. The Morgan fingerprint density at radius 3 is 2.67 bits per heavy atom. The molecule has 3 rings (SSSR count). The molecule has 0 bridgehead atoms. The first kappa shape index (κ1) is 15.1. The van der Waals surface area contributed by atoms with E-state index in [1.807, 2.05) is 0 Å². The molecule has 1 aromatic carbocycles. The van der Waals surface area contributed by atoms with Gasteiger partial charge >= 0.3 is 0 Å². The van der Waals surface area contributed by atoms with Crippen LogP contribution in [0.25, 0.3) is 0 Å². The lowest BCUT2D eigenvalue weighted by molar-refractivity contribution is 0.399. The first-order valence-electron chi connectivity index (χ1n) is 6.48. The lowest BCUT2D eigenvalue weighted by Gasteiger charge is -2.21. The van der Waals surface area contributed by atoms with E-state index in [1.165, 1.54) is 27.8 Å². The third kappa shape index (κ3) is 3.21. The Morgan fingerprint density at radius 2 is 2.10 bits per heavy atom. The molecule has 0 aliphatic heterocycles. The van der Waals surface area contributed by atoms with Crippen LogP contribution in [0.4, 0.5) is 4.39 Å². The van der Waals surface area contributed by atoms with Crippen LogP contribution in [0.2, 0.25) is 0 Å². The van der Waals surface area contributed by atoms with Crippen LogP contribution in [0.1, 0.15) is 18.4 Å². The van der Waals surface area contributed by atoms with E-state index in [0.29, 0.717) is 14.2 Å². The molecule has 1 heterocycles. The maximum atomic E-state index is 13.3. The molecule has 0 atom stereocenters. The first-order valence-corrected chi connectivity index (χ1v) is 9.59. The SMILES string of the molecule is O=S(=O)(c1sccc1Br)N(Cc1cccc(F)c1)C1CC1. The van der Waals surface area contributed by atoms with Crippen LogP contribution < -0.4 is 0 Å². The van der Waals surface area contributed by atoms with Gasteiger partial charge in [0.1, 0.15) is 10.0 Å². The van der Waals surface area contributed by atoms with Crippen molar-refractivity contribution in [1.82, 2.24) is 4.31 Å². The fraction of sp³-hybridized carbons (Fsp3) is 0.286. The third-order valence-electron chi connectivity index (χ3n) is 3.31. The van der Waals surface area contributed by atoms with Crippen LogP contribution in [-0.2, 0) is 16.6 Å². The normalized spacial score (nSPS) is 15.6. The molecule has 0 spiro atoms. The number of hydrogen-bond donors (Lipinski definition) is 0. The highest BCUT2D eigenvalue weighted by atomic mass is 79.9. The summed E-state index contributed by atoms with van der Waals surface area (Å²) < 4.78 is 41.3. The second-order valence-corrected chi connectivity index (χ2v) is 8.82. The molecule has 21 heavy (non-hydrogen) atoms. The Kier molecular flexibility index (Phi) is 4.18. The largest absolute Gasteiger partial charge is 0.254 e. The van der Waals surface area contributed by atoms with Crippen molar-refractivity contribution in [2.45, 2.75) is 29.6 Å². The van der Waals surface area contributed by atoms with Crippen molar-refractivity contribution in [3.05, 3.63) is 51.6 Å². The average molecular weight is 390 g/mol. The summed E-state index contributed by atoms with van der Waals surface area (Å²) in [6.45, 7) is 0.203. The molecule has 2 aromatic rings. The zero-order chi connectivity index (χ0) is 15.0. The molecule has 1 aromatic heterocycles. The molecular weight excluding hydrogens is 377 g/mol. The van der Waals surface area contributed by atoms with Crippen molar-refractivity contribution in [2.24, 2.45) is 0 Å². The number of hydrogen-bond acceptors (Lipinski definition) is 3. The molecule has 0 saturated heterocycles. The molecule has 3 nitrogen and oxygen atoms in total. The molecule has 7 heteroatoms. The molecule has 1 aliphatic rings. The summed E-state index contributed by atoms with van der Waals surface area (Å²) >= 11 is 4.47. The number of rotatable bonds is 5. The van der Waals surface area contributed by atoms with Crippen molar-refractivity contribution in [3.63, 3.8) is 0 Å². The van der Waals surface area contributed by atoms with Crippen LogP contribution in [0.5, 0.6) is 0 Å². The minimum Gasteiger partial charge on any atom is -0.207 e. The Bertz CT molecular complexity index is 756. The van der Waals surface area contributed by atoms with E-state index in [9.17, 15) is 12.8 Å². The molecule has 1 saturated carbocycles. The van der Waals surface area contributed by atoms with Gasteiger partial charge in [-0.15, -0.1) is 11.3 Å². The quantitative estimate of drug-likeness (QED) is 0.774. The van der Waals surface area contributed by atoms with Gasteiger partial charge < -0.3 is 0 Å². The lowest BCUT2D eigenvalue weighted by atomic mass is 10.2. The van der Waals surface area contributed by atoms with Crippen LogP contribution in [0, 0.1) is 5.82 Å². The van der Waals surface area contributed by atoms with Gasteiger partial charge in [0.2, 0.25) is 0 Å². The summed E-state index contributed by atoms with van der Waals surface area (Å²) in [5.41, 5.74) is 0.665. The van der Waals surface area contributed by atoms with Crippen molar-refractivity contribution in [1.29, 1.82) is 0 Å². The summed E-state index contributed by atoms with van der Waals surface area (Å²) in [6.07, 6.45) is 1.72.